The zero-order valence-corrected chi connectivity index (χ0v) is 12.6. The molecule has 2 atom stereocenters. The molecule has 0 aliphatic carbocycles. The fraction of sp³-hybridized carbons (Fsp3) is 0.294. The highest BCUT2D eigenvalue weighted by atomic mass is 16.5. The Hall–Kier alpha value is -2.24. The van der Waals surface area contributed by atoms with E-state index in [2.05, 4.69) is 0 Å². The Balaban J connectivity index is 2.23. The normalized spacial score (nSPS) is 13.5. The summed E-state index contributed by atoms with van der Waals surface area (Å²) < 4.78 is 10.3. The third-order valence-electron chi connectivity index (χ3n) is 3.53. The van der Waals surface area contributed by atoms with E-state index in [-0.39, 0.29) is 12.2 Å². The highest BCUT2D eigenvalue weighted by Crippen LogP contribution is 2.35. The first-order valence-corrected chi connectivity index (χ1v) is 6.91. The minimum atomic E-state index is -1.07. The Morgan fingerprint density at radius 3 is 2.27 bits per heavy atom. The number of benzene rings is 2. The summed E-state index contributed by atoms with van der Waals surface area (Å²) in [6.07, 6.45) is -2.07. The van der Waals surface area contributed by atoms with E-state index in [1.165, 1.54) is 20.3 Å². The van der Waals surface area contributed by atoms with Crippen molar-refractivity contribution in [3.05, 3.63) is 53.6 Å². The van der Waals surface area contributed by atoms with Crippen molar-refractivity contribution in [1.82, 2.24) is 0 Å². The van der Waals surface area contributed by atoms with Crippen molar-refractivity contribution in [2.24, 2.45) is 0 Å². The smallest absolute Gasteiger partial charge is 0.129 e. The molecule has 5 nitrogen and oxygen atoms in total. The van der Waals surface area contributed by atoms with Crippen LogP contribution in [0.15, 0.2) is 42.5 Å². The Morgan fingerprint density at radius 2 is 1.68 bits per heavy atom. The molecule has 0 saturated heterocycles. The summed E-state index contributed by atoms with van der Waals surface area (Å²) in [6, 6.07) is 11.9. The van der Waals surface area contributed by atoms with Crippen LogP contribution in [0.25, 0.3) is 0 Å². The van der Waals surface area contributed by atoms with Gasteiger partial charge in [0.2, 0.25) is 0 Å². The average molecular weight is 304 g/mol. The Labute approximate surface area is 129 Å². The predicted molar refractivity (Wildman–Crippen MR) is 82.3 cm³/mol. The van der Waals surface area contributed by atoms with Crippen LogP contribution >= 0.6 is 0 Å². The van der Waals surface area contributed by atoms with Crippen molar-refractivity contribution >= 4 is 0 Å². The van der Waals surface area contributed by atoms with Gasteiger partial charge in [-0.3, -0.25) is 0 Å². The number of aliphatic hydroxyl groups excluding tert-OH is 2. The Morgan fingerprint density at radius 1 is 1.00 bits per heavy atom. The molecule has 0 bridgehead atoms. The van der Waals surface area contributed by atoms with Gasteiger partial charge in [0.05, 0.1) is 20.3 Å². The van der Waals surface area contributed by atoms with E-state index in [4.69, 9.17) is 9.47 Å². The van der Waals surface area contributed by atoms with Crippen LogP contribution in [0.1, 0.15) is 17.2 Å². The lowest BCUT2D eigenvalue weighted by atomic mass is 9.97. The molecule has 0 aliphatic heterocycles. The molecule has 2 rings (SSSR count). The first-order valence-electron chi connectivity index (χ1n) is 6.91. The molecular formula is C17H20O5. The van der Waals surface area contributed by atoms with E-state index in [1.807, 2.05) is 6.07 Å². The molecule has 5 heteroatoms. The van der Waals surface area contributed by atoms with Gasteiger partial charge < -0.3 is 24.8 Å². The van der Waals surface area contributed by atoms with Crippen molar-refractivity contribution in [3.8, 4) is 17.2 Å². The quantitative estimate of drug-likeness (QED) is 0.761. The molecule has 22 heavy (non-hydrogen) atoms. The summed E-state index contributed by atoms with van der Waals surface area (Å²) in [5, 5.41) is 30.5. The molecular weight excluding hydrogens is 284 g/mol. The van der Waals surface area contributed by atoms with Crippen molar-refractivity contribution < 1.29 is 24.8 Å². The molecule has 0 spiro atoms. The van der Waals surface area contributed by atoms with Gasteiger partial charge in [0.25, 0.3) is 0 Å². The van der Waals surface area contributed by atoms with Gasteiger partial charge in [-0.1, -0.05) is 30.3 Å². The monoisotopic (exact) mass is 304 g/mol. The molecule has 0 aliphatic rings. The van der Waals surface area contributed by atoms with Gasteiger partial charge in [0, 0.05) is 24.1 Å². The average Bonchev–Trinajstić information content (AvgIpc) is 2.56. The number of rotatable bonds is 6. The van der Waals surface area contributed by atoms with Crippen LogP contribution in [-0.4, -0.2) is 35.6 Å². The Kier molecular flexibility index (Phi) is 5.25. The number of aromatic hydroxyl groups is 1. The molecule has 2 aromatic rings. The maximum atomic E-state index is 10.2. The van der Waals surface area contributed by atoms with E-state index in [0.717, 1.165) is 0 Å². The van der Waals surface area contributed by atoms with Crippen LogP contribution in [0.2, 0.25) is 0 Å². The predicted octanol–water partition coefficient (Wildman–Crippen LogP) is 2.05. The maximum Gasteiger partial charge on any atom is 0.129 e. The third-order valence-corrected chi connectivity index (χ3v) is 3.53. The summed E-state index contributed by atoms with van der Waals surface area (Å²) in [5.41, 5.74) is 1.03. The number of hydrogen-bond acceptors (Lipinski definition) is 5. The number of ether oxygens (including phenoxy) is 2. The summed E-state index contributed by atoms with van der Waals surface area (Å²) >= 11 is 0. The second-order valence-corrected chi connectivity index (χ2v) is 4.95. The summed E-state index contributed by atoms with van der Waals surface area (Å²) in [6.45, 7) is 0. The van der Waals surface area contributed by atoms with Crippen molar-refractivity contribution in [1.29, 1.82) is 0 Å². The van der Waals surface area contributed by atoms with E-state index < -0.39 is 12.2 Å². The van der Waals surface area contributed by atoms with E-state index in [1.54, 1.807) is 30.3 Å². The largest absolute Gasteiger partial charge is 0.507 e. The fourth-order valence-corrected chi connectivity index (χ4v) is 2.30. The minimum absolute atomic E-state index is 0.0458. The summed E-state index contributed by atoms with van der Waals surface area (Å²) in [4.78, 5) is 0. The number of hydrogen-bond donors (Lipinski definition) is 3. The summed E-state index contributed by atoms with van der Waals surface area (Å²) in [5.74, 6) is 0.808. The Bertz CT molecular complexity index is 612. The standard InChI is InChI=1S/C17H20O5/c1-21-12-8-14(18)13(16(9-12)22-2)10-15(19)17(20)11-6-4-3-5-7-11/h3-9,15,17-20H,10H2,1-2H3. The van der Waals surface area contributed by atoms with Crippen LogP contribution < -0.4 is 9.47 Å². The lowest BCUT2D eigenvalue weighted by molar-refractivity contribution is 0.0183. The van der Waals surface area contributed by atoms with Crippen molar-refractivity contribution in [3.63, 3.8) is 0 Å². The fourth-order valence-electron chi connectivity index (χ4n) is 2.30. The molecule has 2 unspecified atom stereocenters. The lowest BCUT2D eigenvalue weighted by Gasteiger charge is -2.20. The van der Waals surface area contributed by atoms with Crippen LogP contribution in [0.5, 0.6) is 17.2 Å². The lowest BCUT2D eigenvalue weighted by Crippen LogP contribution is -2.21. The SMILES string of the molecule is COc1cc(O)c(CC(O)C(O)c2ccccc2)c(OC)c1. The first kappa shape index (κ1) is 16.1. The molecule has 3 N–H and O–H groups in total. The molecule has 0 radical (unpaired) electrons. The van der Waals surface area contributed by atoms with Crippen molar-refractivity contribution in [2.45, 2.75) is 18.6 Å². The zero-order valence-electron chi connectivity index (χ0n) is 12.6. The zero-order chi connectivity index (χ0) is 16.1. The molecule has 2 aromatic carbocycles. The topological polar surface area (TPSA) is 79.2 Å². The second-order valence-electron chi connectivity index (χ2n) is 4.95. The van der Waals surface area contributed by atoms with E-state index in [0.29, 0.717) is 22.6 Å². The van der Waals surface area contributed by atoms with Crippen LogP contribution in [0, 0.1) is 0 Å². The van der Waals surface area contributed by atoms with Gasteiger partial charge in [-0.25, -0.2) is 0 Å². The maximum absolute atomic E-state index is 10.2. The highest BCUT2D eigenvalue weighted by molar-refractivity contribution is 5.50. The molecule has 0 saturated carbocycles. The van der Waals surface area contributed by atoms with Gasteiger partial charge in [-0.05, 0) is 5.56 Å². The van der Waals surface area contributed by atoms with E-state index in [9.17, 15) is 15.3 Å². The highest BCUT2D eigenvalue weighted by Gasteiger charge is 2.22. The minimum Gasteiger partial charge on any atom is -0.507 e. The molecule has 0 fully saturated rings. The van der Waals surface area contributed by atoms with Gasteiger partial charge in [-0.2, -0.15) is 0 Å². The van der Waals surface area contributed by atoms with E-state index >= 15 is 0 Å². The van der Waals surface area contributed by atoms with Crippen LogP contribution in [0.4, 0.5) is 0 Å². The molecule has 118 valence electrons. The van der Waals surface area contributed by atoms with Gasteiger partial charge in [0.1, 0.15) is 23.4 Å². The number of phenolic OH excluding ortho intramolecular Hbond substituents is 1. The van der Waals surface area contributed by atoms with Gasteiger partial charge in [0.15, 0.2) is 0 Å². The molecule has 0 heterocycles. The van der Waals surface area contributed by atoms with Gasteiger partial charge in [-0.15, -0.1) is 0 Å². The number of aliphatic hydroxyl groups is 2. The van der Waals surface area contributed by atoms with Crippen LogP contribution in [-0.2, 0) is 6.42 Å². The third kappa shape index (κ3) is 3.50. The van der Waals surface area contributed by atoms with Crippen molar-refractivity contribution in [2.75, 3.05) is 14.2 Å². The summed E-state index contributed by atoms with van der Waals surface area (Å²) in [7, 11) is 2.96. The first-order chi connectivity index (χ1) is 10.6. The molecule has 0 amide bonds. The second kappa shape index (κ2) is 7.15. The van der Waals surface area contributed by atoms with Gasteiger partial charge >= 0.3 is 0 Å². The number of phenols is 1. The number of methoxy groups -OCH3 is 2. The molecule has 0 aromatic heterocycles. The van der Waals surface area contributed by atoms with Crippen LogP contribution in [0.3, 0.4) is 0 Å².